The van der Waals surface area contributed by atoms with Gasteiger partial charge in [0.15, 0.2) is 6.10 Å². The second-order valence-corrected chi connectivity index (χ2v) is 16.0. The Hall–Kier alpha value is -1.59. The van der Waals surface area contributed by atoms with Crippen LogP contribution in [0, 0.1) is 0 Å². The topological polar surface area (TPSA) is 78.9 Å². The van der Waals surface area contributed by atoms with Gasteiger partial charge in [0, 0.05) is 19.3 Å². The van der Waals surface area contributed by atoms with Crippen LogP contribution in [0.25, 0.3) is 0 Å². The lowest BCUT2D eigenvalue weighted by atomic mass is 10.0. The van der Waals surface area contributed by atoms with Gasteiger partial charge < -0.3 is 14.2 Å². The molecule has 0 heterocycles. The summed E-state index contributed by atoms with van der Waals surface area (Å²) < 4.78 is 16.6. The van der Waals surface area contributed by atoms with E-state index in [1.165, 1.54) is 161 Å². The Bertz CT molecular complexity index is 783. The predicted molar refractivity (Wildman–Crippen MR) is 224 cm³/mol. The fourth-order valence-corrected chi connectivity index (χ4v) is 7.03. The first-order valence-corrected chi connectivity index (χ1v) is 23.5. The molecule has 0 saturated heterocycles. The Morgan fingerprint density at radius 1 is 0.302 bits per heavy atom. The number of carbonyl (C=O) groups is 3. The van der Waals surface area contributed by atoms with Gasteiger partial charge in [0.2, 0.25) is 0 Å². The lowest BCUT2D eigenvalue weighted by molar-refractivity contribution is -0.167. The molecule has 0 radical (unpaired) electrons. The van der Waals surface area contributed by atoms with E-state index in [1.807, 2.05) is 0 Å². The zero-order chi connectivity index (χ0) is 38.7. The summed E-state index contributed by atoms with van der Waals surface area (Å²) in [5.74, 6) is -0.865. The molecule has 53 heavy (non-hydrogen) atoms. The molecule has 314 valence electrons. The van der Waals surface area contributed by atoms with E-state index in [-0.39, 0.29) is 31.1 Å². The van der Waals surface area contributed by atoms with E-state index >= 15 is 0 Å². The maximum Gasteiger partial charge on any atom is 0.306 e. The average molecular weight is 751 g/mol. The van der Waals surface area contributed by atoms with Crippen molar-refractivity contribution in [1.29, 1.82) is 0 Å². The third kappa shape index (κ3) is 41.4. The summed E-state index contributed by atoms with van der Waals surface area (Å²) in [5, 5.41) is 0. The predicted octanol–water partition coefficient (Wildman–Crippen LogP) is 14.9. The van der Waals surface area contributed by atoms with E-state index in [4.69, 9.17) is 14.2 Å². The van der Waals surface area contributed by atoms with Crippen LogP contribution in [0.4, 0.5) is 0 Å². The van der Waals surface area contributed by atoms with Crippen molar-refractivity contribution in [1.82, 2.24) is 0 Å². The summed E-state index contributed by atoms with van der Waals surface area (Å²) in [6.07, 6.45) is 44.1. The fourth-order valence-electron chi connectivity index (χ4n) is 7.03. The smallest absolute Gasteiger partial charge is 0.306 e. The lowest BCUT2D eigenvalue weighted by Crippen LogP contribution is -2.30. The van der Waals surface area contributed by atoms with Gasteiger partial charge in [-0.25, -0.2) is 0 Å². The molecule has 6 heteroatoms. The number of carbonyl (C=O) groups excluding carboxylic acids is 3. The van der Waals surface area contributed by atoms with Gasteiger partial charge in [-0.2, -0.15) is 0 Å². The SMILES string of the molecule is CCCCCCCCCCCCCCCCCCCCCC(=O)OC[C@@H](COC(=O)CCCCCCC)OC(=O)CCCCCCCCCCCCC. The van der Waals surface area contributed by atoms with Crippen molar-refractivity contribution in [3.63, 3.8) is 0 Å². The molecule has 0 bridgehead atoms. The molecule has 0 aromatic carbocycles. The van der Waals surface area contributed by atoms with E-state index in [1.54, 1.807) is 0 Å². The Morgan fingerprint density at radius 3 is 0.755 bits per heavy atom. The van der Waals surface area contributed by atoms with Gasteiger partial charge in [-0.15, -0.1) is 0 Å². The van der Waals surface area contributed by atoms with Crippen LogP contribution in [0.5, 0.6) is 0 Å². The van der Waals surface area contributed by atoms with Crippen molar-refractivity contribution in [2.45, 2.75) is 271 Å². The molecule has 0 aliphatic rings. The second-order valence-electron chi connectivity index (χ2n) is 16.0. The summed E-state index contributed by atoms with van der Waals surface area (Å²) >= 11 is 0. The van der Waals surface area contributed by atoms with E-state index in [0.717, 1.165) is 64.2 Å². The first-order chi connectivity index (χ1) is 26.0. The average Bonchev–Trinajstić information content (AvgIpc) is 3.15. The van der Waals surface area contributed by atoms with Gasteiger partial charge >= 0.3 is 17.9 Å². The molecule has 0 unspecified atom stereocenters. The first-order valence-electron chi connectivity index (χ1n) is 23.5. The zero-order valence-corrected chi connectivity index (χ0v) is 35.8. The highest BCUT2D eigenvalue weighted by molar-refractivity contribution is 5.71. The van der Waals surface area contributed by atoms with Crippen molar-refractivity contribution in [2.75, 3.05) is 13.2 Å². The zero-order valence-electron chi connectivity index (χ0n) is 35.8. The minimum Gasteiger partial charge on any atom is -0.462 e. The molecule has 0 aliphatic heterocycles. The third-order valence-corrected chi connectivity index (χ3v) is 10.6. The molecule has 1 atom stereocenters. The number of esters is 3. The van der Waals surface area contributed by atoms with Gasteiger partial charge in [0.1, 0.15) is 13.2 Å². The molecule has 0 fully saturated rings. The number of unbranched alkanes of at least 4 members (excludes halogenated alkanes) is 32. The fraction of sp³-hybridized carbons (Fsp3) is 0.936. The van der Waals surface area contributed by atoms with Crippen molar-refractivity contribution in [3.8, 4) is 0 Å². The molecule has 0 spiro atoms. The van der Waals surface area contributed by atoms with Crippen molar-refractivity contribution >= 4 is 17.9 Å². The minimum atomic E-state index is -0.756. The molecule has 0 rings (SSSR count). The number of hydrogen-bond donors (Lipinski definition) is 0. The highest BCUT2D eigenvalue weighted by Gasteiger charge is 2.19. The Kier molecular flexibility index (Phi) is 41.8. The van der Waals surface area contributed by atoms with Crippen LogP contribution >= 0.6 is 0 Å². The number of rotatable bonds is 43. The Morgan fingerprint density at radius 2 is 0.509 bits per heavy atom. The molecule has 0 aromatic rings. The minimum absolute atomic E-state index is 0.0638. The van der Waals surface area contributed by atoms with Gasteiger partial charge in [-0.05, 0) is 19.3 Å². The second kappa shape index (κ2) is 43.1. The van der Waals surface area contributed by atoms with Crippen LogP contribution in [0.15, 0.2) is 0 Å². The third-order valence-electron chi connectivity index (χ3n) is 10.6. The van der Waals surface area contributed by atoms with Gasteiger partial charge in [0.25, 0.3) is 0 Å². The number of hydrogen-bond acceptors (Lipinski definition) is 6. The largest absolute Gasteiger partial charge is 0.462 e. The highest BCUT2D eigenvalue weighted by Crippen LogP contribution is 2.16. The van der Waals surface area contributed by atoms with Crippen LogP contribution in [0.2, 0.25) is 0 Å². The van der Waals surface area contributed by atoms with Gasteiger partial charge in [-0.3, -0.25) is 14.4 Å². The van der Waals surface area contributed by atoms with Crippen LogP contribution in [0.3, 0.4) is 0 Å². The van der Waals surface area contributed by atoms with Crippen molar-refractivity contribution in [2.24, 2.45) is 0 Å². The molecular weight excluding hydrogens is 661 g/mol. The molecular formula is C47H90O6. The Labute approximate surface area is 329 Å². The van der Waals surface area contributed by atoms with E-state index < -0.39 is 6.10 Å². The summed E-state index contributed by atoms with van der Waals surface area (Å²) in [5.41, 5.74) is 0. The normalized spacial score (nSPS) is 11.8. The van der Waals surface area contributed by atoms with Gasteiger partial charge in [0.05, 0.1) is 0 Å². The van der Waals surface area contributed by atoms with Crippen LogP contribution < -0.4 is 0 Å². The summed E-state index contributed by atoms with van der Waals surface area (Å²) in [7, 11) is 0. The molecule has 0 N–H and O–H groups in total. The summed E-state index contributed by atoms with van der Waals surface area (Å²) in [6, 6.07) is 0. The molecule has 0 saturated carbocycles. The first kappa shape index (κ1) is 51.4. The molecule has 6 nitrogen and oxygen atoms in total. The monoisotopic (exact) mass is 751 g/mol. The van der Waals surface area contributed by atoms with Crippen molar-refractivity contribution < 1.29 is 28.6 Å². The maximum atomic E-state index is 12.6. The van der Waals surface area contributed by atoms with E-state index in [2.05, 4.69) is 20.8 Å². The van der Waals surface area contributed by atoms with Crippen LogP contribution in [-0.2, 0) is 28.6 Å². The van der Waals surface area contributed by atoms with E-state index in [0.29, 0.717) is 19.3 Å². The summed E-state index contributed by atoms with van der Waals surface area (Å²) in [4.78, 5) is 37.4. The standard InChI is InChI=1S/C47H90O6/c1-4-7-10-13-15-17-19-20-21-22-23-24-25-26-28-29-31-34-37-40-46(49)52-43-44(42-51-45(48)39-36-33-12-9-6-3)53-47(50)41-38-35-32-30-27-18-16-14-11-8-5-2/h44H,4-43H2,1-3H3/t44-/m1/s1. The summed E-state index contributed by atoms with van der Waals surface area (Å²) in [6.45, 7) is 6.57. The number of ether oxygens (including phenoxy) is 3. The molecule has 0 aromatic heterocycles. The van der Waals surface area contributed by atoms with Crippen molar-refractivity contribution in [3.05, 3.63) is 0 Å². The highest BCUT2D eigenvalue weighted by atomic mass is 16.6. The quantitative estimate of drug-likeness (QED) is 0.0351. The Balaban J connectivity index is 4.08. The van der Waals surface area contributed by atoms with Crippen LogP contribution in [0.1, 0.15) is 265 Å². The molecule has 0 amide bonds. The van der Waals surface area contributed by atoms with Gasteiger partial charge in [-0.1, -0.05) is 226 Å². The van der Waals surface area contributed by atoms with E-state index in [9.17, 15) is 14.4 Å². The maximum absolute atomic E-state index is 12.6. The molecule has 0 aliphatic carbocycles. The lowest BCUT2D eigenvalue weighted by Gasteiger charge is -2.18. The van der Waals surface area contributed by atoms with Crippen LogP contribution in [-0.4, -0.2) is 37.2 Å².